The average molecular weight is 309 g/mol. The summed E-state index contributed by atoms with van der Waals surface area (Å²) in [6.07, 6.45) is 1.53. The quantitative estimate of drug-likeness (QED) is 0.532. The number of carboxylic acids is 1. The number of thioether (sulfide) groups is 1. The first kappa shape index (κ1) is 18.1. The average Bonchev–Trinajstić information content (AvgIpc) is 2.44. The van der Waals surface area contributed by atoms with Crippen LogP contribution in [-0.2, 0) is 4.79 Å². The molecule has 0 fully saturated rings. The molecular weight excluding hydrogens is 282 g/mol. The minimum atomic E-state index is -0.809. The Kier molecular flexibility index (Phi) is 7.26. The van der Waals surface area contributed by atoms with E-state index in [9.17, 15) is 9.90 Å². The van der Waals surface area contributed by atoms with Crippen molar-refractivity contribution in [3.63, 3.8) is 0 Å². The van der Waals surface area contributed by atoms with Crippen LogP contribution in [0.4, 0.5) is 0 Å². The van der Waals surface area contributed by atoms with Crippen molar-refractivity contribution in [3.8, 4) is 0 Å². The van der Waals surface area contributed by atoms with Crippen molar-refractivity contribution in [1.29, 1.82) is 0 Å². The largest absolute Gasteiger partial charge is 0.480 e. The van der Waals surface area contributed by atoms with Gasteiger partial charge in [-0.05, 0) is 55.7 Å². The van der Waals surface area contributed by atoms with Gasteiger partial charge in [-0.25, -0.2) is 0 Å². The van der Waals surface area contributed by atoms with Gasteiger partial charge in [-0.15, -0.1) is 11.8 Å². The van der Waals surface area contributed by atoms with Crippen molar-refractivity contribution in [1.82, 2.24) is 5.32 Å². The summed E-state index contributed by atoms with van der Waals surface area (Å²) in [5.41, 5.74) is 0.543. The van der Waals surface area contributed by atoms with E-state index in [1.165, 1.54) is 10.5 Å². The van der Waals surface area contributed by atoms with Gasteiger partial charge >= 0.3 is 5.97 Å². The monoisotopic (exact) mass is 309 g/mol. The molecule has 0 aliphatic rings. The van der Waals surface area contributed by atoms with Gasteiger partial charge in [-0.1, -0.05) is 32.9 Å². The van der Waals surface area contributed by atoms with Gasteiger partial charge in [0.25, 0.3) is 0 Å². The molecule has 4 heteroatoms. The first-order valence-corrected chi connectivity index (χ1v) is 8.59. The molecule has 1 aromatic rings. The van der Waals surface area contributed by atoms with Crippen LogP contribution in [-0.4, -0.2) is 28.9 Å². The molecule has 3 nitrogen and oxygen atoms in total. The Morgan fingerprint density at radius 2 is 1.95 bits per heavy atom. The van der Waals surface area contributed by atoms with Gasteiger partial charge in [0.2, 0.25) is 0 Å². The Hall–Kier alpha value is -1.00. The summed E-state index contributed by atoms with van der Waals surface area (Å²) in [4.78, 5) is 12.6. The third kappa shape index (κ3) is 5.71. The lowest BCUT2D eigenvalue weighted by Gasteiger charge is -2.25. The Morgan fingerprint density at radius 1 is 1.33 bits per heavy atom. The zero-order valence-corrected chi connectivity index (χ0v) is 14.3. The Labute approximate surface area is 132 Å². The molecule has 1 rings (SSSR count). The minimum absolute atomic E-state index is 0.556. The maximum Gasteiger partial charge on any atom is 0.323 e. The number of benzene rings is 1. The third-order valence-corrected chi connectivity index (χ3v) is 4.77. The van der Waals surface area contributed by atoms with Gasteiger partial charge in [-0.2, -0.15) is 0 Å². The summed E-state index contributed by atoms with van der Waals surface area (Å²) < 4.78 is 0. The van der Waals surface area contributed by atoms with E-state index in [4.69, 9.17) is 0 Å². The molecule has 21 heavy (non-hydrogen) atoms. The van der Waals surface area contributed by atoms with E-state index >= 15 is 0 Å². The molecule has 0 heterocycles. The maximum absolute atomic E-state index is 11.3. The molecule has 1 unspecified atom stereocenters. The Balaban J connectivity index is 2.41. The topological polar surface area (TPSA) is 49.3 Å². The molecule has 1 aromatic carbocycles. The first-order valence-electron chi connectivity index (χ1n) is 7.60. The van der Waals surface area contributed by atoms with E-state index in [0.717, 1.165) is 12.2 Å². The summed E-state index contributed by atoms with van der Waals surface area (Å²) >= 11 is 1.79. The molecule has 0 radical (unpaired) electrons. The molecule has 0 amide bonds. The van der Waals surface area contributed by atoms with Crippen LogP contribution in [0.2, 0.25) is 0 Å². The fraction of sp³-hybridized carbons (Fsp3) is 0.588. The highest BCUT2D eigenvalue weighted by atomic mass is 32.2. The predicted molar refractivity (Wildman–Crippen MR) is 90.2 cm³/mol. The molecule has 0 aliphatic carbocycles. The number of nitrogens with one attached hydrogen (secondary N) is 1. The van der Waals surface area contributed by atoms with Crippen LogP contribution in [0.15, 0.2) is 29.2 Å². The molecule has 1 atom stereocenters. The van der Waals surface area contributed by atoms with Crippen molar-refractivity contribution in [2.24, 2.45) is 0 Å². The number of carbonyl (C=O) groups is 1. The van der Waals surface area contributed by atoms with Crippen LogP contribution < -0.4 is 5.32 Å². The number of likely N-dealkylation sites (N-methyl/N-ethyl adjacent to an activating group) is 1. The Morgan fingerprint density at radius 3 is 2.43 bits per heavy atom. The summed E-state index contributed by atoms with van der Waals surface area (Å²) in [5.74, 6) is 0.728. The van der Waals surface area contributed by atoms with E-state index in [1.807, 2.05) is 6.92 Å². The van der Waals surface area contributed by atoms with Gasteiger partial charge in [0.1, 0.15) is 5.54 Å². The summed E-state index contributed by atoms with van der Waals surface area (Å²) in [5, 5.41) is 12.4. The van der Waals surface area contributed by atoms with Crippen molar-refractivity contribution in [3.05, 3.63) is 29.8 Å². The summed E-state index contributed by atoms with van der Waals surface area (Å²) in [6.45, 7) is 8.75. The second-order valence-electron chi connectivity index (χ2n) is 5.84. The zero-order chi connectivity index (χ0) is 15.9. The fourth-order valence-electron chi connectivity index (χ4n) is 2.23. The standard InChI is InChI=1S/C17H27NO2S/c1-5-18-17(4,16(19)20)11-6-12-21-15-9-7-14(8-10-15)13(2)3/h7-10,13,18H,5-6,11-12H2,1-4H3,(H,19,20). The van der Waals surface area contributed by atoms with Crippen molar-refractivity contribution < 1.29 is 9.90 Å². The molecule has 0 spiro atoms. The van der Waals surface area contributed by atoms with Gasteiger partial charge < -0.3 is 10.4 Å². The molecule has 0 saturated carbocycles. The molecule has 0 aromatic heterocycles. The lowest BCUT2D eigenvalue weighted by molar-refractivity contribution is -0.144. The minimum Gasteiger partial charge on any atom is -0.480 e. The van der Waals surface area contributed by atoms with Gasteiger partial charge in [0.05, 0.1) is 0 Å². The number of hydrogen-bond acceptors (Lipinski definition) is 3. The van der Waals surface area contributed by atoms with Crippen molar-refractivity contribution in [2.45, 2.75) is 56.9 Å². The SMILES string of the molecule is CCNC(C)(CCCSc1ccc(C(C)C)cc1)C(=O)O. The van der Waals surface area contributed by atoms with Crippen LogP contribution in [0.25, 0.3) is 0 Å². The smallest absolute Gasteiger partial charge is 0.323 e. The van der Waals surface area contributed by atoms with Gasteiger partial charge in [0, 0.05) is 4.90 Å². The van der Waals surface area contributed by atoms with Crippen molar-refractivity contribution >= 4 is 17.7 Å². The Bertz CT molecular complexity index is 445. The van der Waals surface area contributed by atoms with Gasteiger partial charge in [-0.3, -0.25) is 4.79 Å². The van der Waals surface area contributed by atoms with E-state index in [-0.39, 0.29) is 0 Å². The molecule has 0 aliphatic heterocycles. The highest BCUT2D eigenvalue weighted by Gasteiger charge is 2.30. The summed E-state index contributed by atoms with van der Waals surface area (Å²) in [7, 11) is 0. The van der Waals surface area contributed by atoms with Gasteiger partial charge in [0.15, 0.2) is 0 Å². The number of carboxylic acid groups (broad SMARTS) is 1. The van der Waals surface area contributed by atoms with Crippen LogP contribution in [0.1, 0.15) is 52.0 Å². The second kappa shape index (κ2) is 8.44. The van der Waals surface area contributed by atoms with Crippen molar-refractivity contribution in [2.75, 3.05) is 12.3 Å². The predicted octanol–water partition coefficient (Wildman–Crippen LogP) is 4.14. The first-order chi connectivity index (χ1) is 9.89. The van der Waals surface area contributed by atoms with Crippen LogP contribution in [0.5, 0.6) is 0 Å². The fourth-order valence-corrected chi connectivity index (χ4v) is 3.08. The summed E-state index contributed by atoms with van der Waals surface area (Å²) in [6, 6.07) is 8.65. The van der Waals surface area contributed by atoms with Crippen LogP contribution >= 0.6 is 11.8 Å². The second-order valence-corrected chi connectivity index (χ2v) is 7.01. The molecular formula is C17H27NO2S. The molecule has 0 bridgehead atoms. The third-order valence-electron chi connectivity index (χ3n) is 3.68. The van der Waals surface area contributed by atoms with Crippen LogP contribution in [0.3, 0.4) is 0 Å². The van der Waals surface area contributed by atoms with E-state index in [1.54, 1.807) is 18.7 Å². The highest BCUT2D eigenvalue weighted by molar-refractivity contribution is 7.99. The van der Waals surface area contributed by atoms with E-state index in [0.29, 0.717) is 18.9 Å². The maximum atomic E-state index is 11.3. The molecule has 0 saturated heterocycles. The molecule has 2 N–H and O–H groups in total. The molecule has 118 valence electrons. The number of aliphatic carboxylic acids is 1. The number of rotatable bonds is 9. The van der Waals surface area contributed by atoms with E-state index < -0.39 is 11.5 Å². The number of hydrogen-bond donors (Lipinski definition) is 2. The lowest BCUT2D eigenvalue weighted by Crippen LogP contribution is -2.49. The highest BCUT2D eigenvalue weighted by Crippen LogP contribution is 2.24. The lowest BCUT2D eigenvalue weighted by atomic mass is 9.96. The normalized spacial score (nSPS) is 14.1. The van der Waals surface area contributed by atoms with E-state index in [2.05, 4.69) is 43.4 Å². The van der Waals surface area contributed by atoms with Crippen LogP contribution in [0, 0.1) is 0 Å². The zero-order valence-electron chi connectivity index (χ0n) is 13.5.